The Morgan fingerprint density at radius 2 is 1.79 bits per heavy atom. The second-order valence-electron chi connectivity index (χ2n) is 7.58. The Balaban J connectivity index is 1.69. The number of amides is 1. The smallest absolute Gasteiger partial charge is 0.416 e. The van der Waals surface area contributed by atoms with E-state index in [1.165, 1.54) is 37.3 Å². The Bertz CT molecular complexity index is 1510. The Morgan fingerprint density at radius 1 is 1.06 bits per heavy atom. The van der Waals surface area contributed by atoms with Crippen LogP contribution in [-0.2, 0) is 16.0 Å². The average Bonchev–Trinajstić information content (AvgIpc) is 3.22. The van der Waals surface area contributed by atoms with Crippen molar-refractivity contribution in [2.45, 2.75) is 24.9 Å². The number of oxazole rings is 1. The van der Waals surface area contributed by atoms with Crippen molar-refractivity contribution in [3.8, 4) is 11.5 Å². The van der Waals surface area contributed by atoms with Gasteiger partial charge in [-0.15, -0.1) is 0 Å². The largest absolute Gasteiger partial charge is 0.436 e. The average molecular weight is 488 g/mol. The molecule has 4 aromatic rings. The molecule has 1 N–H and O–H groups in total. The van der Waals surface area contributed by atoms with Crippen LogP contribution in [0.1, 0.15) is 28.4 Å². The molecule has 1 aromatic heterocycles. The molecular weight excluding hydrogens is 469 g/mol. The standard InChI is InChI=1S/C24H19F3N2O4S/c1-3-34(31,32)16-10-11-21-20(13-16)29-23(33-21)17-6-4-5-7-19(17)28-22(30)15-9-8-14(2)18(12-15)24(25,26)27/h4-13H,3H2,1-2H3,(H,28,30). The first-order valence-corrected chi connectivity index (χ1v) is 11.9. The Morgan fingerprint density at radius 3 is 2.50 bits per heavy atom. The molecule has 34 heavy (non-hydrogen) atoms. The van der Waals surface area contributed by atoms with Gasteiger partial charge in [0.15, 0.2) is 15.4 Å². The lowest BCUT2D eigenvalue weighted by Gasteiger charge is -2.13. The molecule has 0 aliphatic rings. The summed E-state index contributed by atoms with van der Waals surface area (Å²) in [4.78, 5) is 17.2. The van der Waals surface area contributed by atoms with Crippen molar-refractivity contribution in [1.82, 2.24) is 4.98 Å². The molecule has 176 valence electrons. The van der Waals surface area contributed by atoms with Crippen LogP contribution < -0.4 is 5.32 Å². The van der Waals surface area contributed by atoms with Gasteiger partial charge >= 0.3 is 6.18 Å². The topological polar surface area (TPSA) is 89.3 Å². The second-order valence-corrected chi connectivity index (χ2v) is 9.86. The summed E-state index contributed by atoms with van der Waals surface area (Å²) in [5.41, 5.74) is 0.300. The van der Waals surface area contributed by atoms with E-state index >= 15 is 0 Å². The third kappa shape index (κ3) is 4.54. The third-order valence-corrected chi connectivity index (χ3v) is 7.04. The number of benzene rings is 3. The zero-order chi connectivity index (χ0) is 24.7. The Labute approximate surface area is 193 Å². The lowest BCUT2D eigenvalue weighted by Crippen LogP contribution is -2.15. The van der Waals surface area contributed by atoms with E-state index in [9.17, 15) is 26.4 Å². The molecule has 0 aliphatic heterocycles. The Hall–Kier alpha value is -3.66. The van der Waals surface area contributed by atoms with Crippen LogP contribution in [0.25, 0.3) is 22.6 Å². The van der Waals surface area contributed by atoms with Crippen molar-refractivity contribution in [1.29, 1.82) is 0 Å². The zero-order valence-electron chi connectivity index (χ0n) is 18.1. The molecule has 0 saturated carbocycles. The number of hydrogen-bond donors (Lipinski definition) is 1. The number of hydrogen-bond acceptors (Lipinski definition) is 5. The van der Waals surface area contributed by atoms with Gasteiger partial charge in [-0.05, 0) is 55.0 Å². The number of anilines is 1. The van der Waals surface area contributed by atoms with Gasteiger partial charge in [-0.1, -0.05) is 25.1 Å². The van der Waals surface area contributed by atoms with Crippen LogP contribution in [0, 0.1) is 6.92 Å². The first-order valence-electron chi connectivity index (χ1n) is 10.2. The van der Waals surface area contributed by atoms with E-state index in [-0.39, 0.29) is 33.4 Å². The van der Waals surface area contributed by atoms with Crippen LogP contribution in [0.2, 0.25) is 0 Å². The molecule has 1 heterocycles. The summed E-state index contributed by atoms with van der Waals surface area (Å²) in [5, 5.41) is 2.61. The highest BCUT2D eigenvalue weighted by Gasteiger charge is 2.33. The van der Waals surface area contributed by atoms with E-state index in [4.69, 9.17) is 4.42 Å². The summed E-state index contributed by atoms with van der Waals surface area (Å²) < 4.78 is 69.8. The molecule has 4 rings (SSSR count). The summed E-state index contributed by atoms with van der Waals surface area (Å²) in [7, 11) is -3.44. The SMILES string of the molecule is CCS(=O)(=O)c1ccc2oc(-c3ccccc3NC(=O)c3ccc(C)c(C(F)(F)F)c3)nc2c1. The van der Waals surface area contributed by atoms with E-state index in [2.05, 4.69) is 10.3 Å². The molecule has 6 nitrogen and oxygen atoms in total. The molecule has 10 heteroatoms. The van der Waals surface area contributed by atoms with Crippen LogP contribution in [-0.4, -0.2) is 25.1 Å². The predicted molar refractivity (Wildman–Crippen MR) is 121 cm³/mol. The summed E-state index contributed by atoms with van der Waals surface area (Å²) in [6, 6.07) is 14.2. The summed E-state index contributed by atoms with van der Waals surface area (Å²) in [5.74, 6) is -0.671. The number of aromatic nitrogens is 1. The fourth-order valence-electron chi connectivity index (χ4n) is 3.42. The number of para-hydroxylation sites is 1. The third-order valence-electron chi connectivity index (χ3n) is 5.31. The second kappa shape index (κ2) is 8.60. The number of nitrogens with one attached hydrogen (secondary N) is 1. The van der Waals surface area contributed by atoms with Crippen LogP contribution >= 0.6 is 0 Å². The van der Waals surface area contributed by atoms with Crippen LogP contribution in [0.15, 0.2) is 70.0 Å². The normalized spacial score (nSPS) is 12.1. The number of nitrogens with zero attached hydrogens (tertiary/aromatic N) is 1. The van der Waals surface area contributed by atoms with Crippen LogP contribution in [0.5, 0.6) is 0 Å². The van der Waals surface area contributed by atoms with Crippen molar-refractivity contribution in [3.63, 3.8) is 0 Å². The monoisotopic (exact) mass is 488 g/mol. The van der Waals surface area contributed by atoms with E-state index in [1.54, 1.807) is 31.2 Å². The van der Waals surface area contributed by atoms with Gasteiger partial charge in [-0.2, -0.15) is 13.2 Å². The molecular formula is C24H19F3N2O4S. The van der Waals surface area contributed by atoms with E-state index in [0.717, 1.165) is 6.07 Å². The summed E-state index contributed by atoms with van der Waals surface area (Å²) in [6.45, 7) is 2.86. The first kappa shape index (κ1) is 23.5. The molecule has 0 radical (unpaired) electrons. The Kier molecular flexibility index (Phi) is 5.94. The first-order chi connectivity index (χ1) is 16.0. The molecule has 0 fully saturated rings. The number of fused-ring (bicyclic) bond motifs is 1. The van der Waals surface area contributed by atoms with Gasteiger partial charge in [0.25, 0.3) is 5.91 Å². The summed E-state index contributed by atoms with van der Waals surface area (Å²) >= 11 is 0. The molecule has 0 aliphatic carbocycles. The van der Waals surface area contributed by atoms with Crippen LogP contribution in [0.3, 0.4) is 0 Å². The number of halogens is 3. The quantitative estimate of drug-likeness (QED) is 0.380. The van der Waals surface area contributed by atoms with E-state index < -0.39 is 27.5 Å². The minimum atomic E-state index is -4.58. The number of sulfone groups is 1. The fourth-order valence-corrected chi connectivity index (χ4v) is 4.32. The van der Waals surface area contributed by atoms with Crippen molar-refractivity contribution < 1.29 is 30.8 Å². The van der Waals surface area contributed by atoms with Gasteiger partial charge in [0.2, 0.25) is 5.89 Å². The molecule has 1 amide bonds. The maximum atomic E-state index is 13.2. The highest BCUT2D eigenvalue weighted by Crippen LogP contribution is 2.34. The molecule has 0 saturated heterocycles. The van der Waals surface area contributed by atoms with E-state index in [0.29, 0.717) is 16.7 Å². The molecule has 3 aromatic carbocycles. The lowest BCUT2D eigenvalue weighted by atomic mass is 10.0. The van der Waals surface area contributed by atoms with Crippen molar-refractivity contribution in [2.75, 3.05) is 11.1 Å². The minimum Gasteiger partial charge on any atom is -0.436 e. The predicted octanol–water partition coefficient (Wildman–Crippen LogP) is 5.87. The maximum absolute atomic E-state index is 13.2. The zero-order valence-corrected chi connectivity index (χ0v) is 18.9. The number of carbonyl (C=O) groups is 1. The van der Waals surface area contributed by atoms with Crippen molar-refractivity contribution in [3.05, 3.63) is 77.4 Å². The van der Waals surface area contributed by atoms with Gasteiger partial charge in [0.05, 0.1) is 27.5 Å². The number of aryl methyl sites for hydroxylation is 1. The number of alkyl halides is 3. The number of rotatable bonds is 5. The molecule has 0 spiro atoms. The van der Waals surface area contributed by atoms with Gasteiger partial charge in [0, 0.05) is 5.56 Å². The lowest BCUT2D eigenvalue weighted by molar-refractivity contribution is -0.138. The highest BCUT2D eigenvalue weighted by molar-refractivity contribution is 7.91. The maximum Gasteiger partial charge on any atom is 0.416 e. The highest BCUT2D eigenvalue weighted by atomic mass is 32.2. The van der Waals surface area contributed by atoms with Crippen molar-refractivity contribution in [2.24, 2.45) is 0 Å². The van der Waals surface area contributed by atoms with Gasteiger partial charge < -0.3 is 9.73 Å². The van der Waals surface area contributed by atoms with Gasteiger partial charge in [-0.3, -0.25) is 4.79 Å². The van der Waals surface area contributed by atoms with Gasteiger partial charge in [0.1, 0.15) is 5.52 Å². The molecule has 0 atom stereocenters. The van der Waals surface area contributed by atoms with Gasteiger partial charge in [-0.25, -0.2) is 13.4 Å². The molecule has 0 bridgehead atoms. The fraction of sp³-hybridized carbons (Fsp3) is 0.167. The minimum absolute atomic E-state index is 0.0142. The number of carbonyl (C=O) groups excluding carboxylic acids is 1. The van der Waals surface area contributed by atoms with Crippen LogP contribution in [0.4, 0.5) is 18.9 Å². The summed E-state index contributed by atoms with van der Waals surface area (Å²) in [6.07, 6.45) is -4.58. The molecule has 0 unspecified atom stereocenters. The van der Waals surface area contributed by atoms with E-state index in [1.807, 2.05) is 0 Å². The van der Waals surface area contributed by atoms with Crippen molar-refractivity contribution >= 4 is 32.5 Å².